The Morgan fingerprint density at radius 1 is 1.40 bits per heavy atom. The smallest absolute Gasteiger partial charge is 0.217 e. The standard InChI is InChI=1S/C14H19N5O/c1-11(20)16-9-12-10-19-13(17-12)3-2-4-14(19)18-7-5-15-6-8-18/h2-4,10,15H,5-9H2,1H3,(H,16,20). The molecular weight excluding hydrogens is 254 g/mol. The highest BCUT2D eigenvalue weighted by Crippen LogP contribution is 2.18. The first-order valence-electron chi connectivity index (χ1n) is 6.91. The molecule has 6 nitrogen and oxygen atoms in total. The van der Waals surface area contributed by atoms with Crippen LogP contribution in [-0.4, -0.2) is 41.5 Å². The fraction of sp³-hybridized carbons (Fsp3) is 0.429. The quantitative estimate of drug-likeness (QED) is 0.849. The number of hydrogen-bond acceptors (Lipinski definition) is 4. The van der Waals surface area contributed by atoms with E-state index >= 15 is 0 Å². The van der Waals surface area contributed by atoms with Crippen molar-refractivity contribution in [1.29, 1.82) is 0 Å². The van der Waals surface area contributed by atoms with E-state index in [9.17, 15) is 4.79 Å². The van der Waals surface area contributed by atoms with Gasteiger partial charge in [0.2, 0.25) is 5.91 Å². The number of aromatic nitrogens is 2. The van der Waals surface area contributed by atoms with E-state index in [0.717, 1.165) is 43.3 Å². The van der Waals surface area contributed by atoms with E-state index in [2.05, 4.69) is 31.0 Å². The van der Waals surface area contributed by atoms with Crippen LogP contribution >= 0.6 is 0 Å². The summed E-state index contributed by atoms with van der Waals surface area (Å²) in [4.78, 5) is 17.9. The number of rotatable bonds is 3. The fourth-order valence-corrected chi connectivity index (χ4v) is 2.50. The highest BCUT2D eigenvalue weighted by molar-refractivity contribution is 5.72. The molecule has 0 aromatic carbocycles. The van der Waals surface area contributed by atoms with Crippen molar-refractivity contribution in [2.45, 2.75) is 13.5 Å². The molecule has 20 heavy (non-hydrogen) atoms. The van der Waals surface area contributed by atoms with Crippen molar-refractivity contribution in [1.82, 2.24) is 20.0 Å². The Kier molecular flexibility index (Phi) is 3.56. The van der Waals surface area contributed by atoms with E-state index in [1.165, 1.54) is 6.92 Å². The van der Waals surface area contributed by atoms with Crippen LogP contribution < -0.4 is 15.5 Å². The maximum atomic E-state index is 11.0. The molecule has 0 bridgehead atoms. The van der Waals surface area contributed by atoms with Gasteiger partial charge in [0, 0.05) is 39.3 Å². The molecular formula is C14H19N5O. The lowest BCUT2D eigenvalue weighted by atomic mass is 10.3. The predicted octanol–water partition coefficient (Wildman–Crippen LogP) is 0.380. The van der Waals surface area contributed by atoms with Crippen molar-refractivity contribution >= 4 is 17.4 Å². The average molecular weight is 273 g/mol. The van der Waals surface area contributed by atoms with Gasteiger partial charge in [0.05, 0.1) is 12.2 Å². The maximum absolute atomic E-state index is 11.0. The maximum Gasteiger partial charge on any atom is 0.217 e. The van der Waals surface area contributed by atoms with Gasteiger partial charge in [-0.05, 0) is 12.1 Å². The third kappa shape index (κ3) is 2.60. The second-order valence-corrected chi connectivity index (χ2v) is 4.99. The molecule has 1 aliphatic heterocycles. The molecule has 0 unspecified atom stereocenters. The van der Waals surface area contributed by atoms with Crippen molar-refractivity contribution in [2.75, 3.05) is 31.1 Å². The molecule has 1 amide bonds. The van der Waals surface area contributed by atoms with Crippen molar-refractivity contribution < 1.29 is 4.79 Å². The average Bonchev–Trinajstić information content (AvgIpc) is 2.89. The van der Waals surface area contributed by atoms with Gasteiger partial charge in [0.15, 0.2) is 0 Å². The van der Waals surface area contributed by atoms with Crippen LogP contribution in [0.15, 0.2) is 24.4 Å². The number of nitrogens with zero attached hydrogens (tertiary/aromatic N) is 3. The normalized spacial score (nSPS) is 15.6. The molecule has 2 aromatic heterocycles. The third-order valence-electron chi connectivity index (χ3n) is 3.48. The SMILES string of the molecule is CC(=O)NCc1cn2c(N3CCNCC3)cccc2n1. The molecule has 1 saturated heterocycles. The van der Waals surface area contributed by atoms with Gasteiger partial charge in [0.25, 0.3) is 0 Å². The summed E-state index contributed by atoms with van der Waals surface area (Å²) in [7, 11) is 0. The lowest BCUT2D eigenvalue weighted by Crippen LogP contribution is -2.44. The minimum Gasteiger partial charge on any atom is -0.355 e. The number of amides is 1. The number of anilines is 1. The molecule has 2 aromatic rings. The topological polar surface area (TPSA) is 61.7 Å². The first-order valence-corrected chi connectivity index (χ1v) is 6.91. The zero-order valence-electron chi connectivity index (χ0n) is 11.6. The second kappa shape index (κ2) is 5.50. The molecule has 106 valence electrons. The molecule has 3 heterocycles. The highest BCUT2D eigenvalue weighted by Gasteiger charge is 2.14. The van der Waals surface area contributed by atoms with Crippen LogP contribution in [0, 0.1) is 0 Å². The monoisotopic (exact) mass is 273 g/mol. The van der Waals surface area contributed by atoms with Crippen molar-refractivity contribution in [3.8, 4) is 0 Å². The van der Waals surface area contributed by atoms with Crippen LogP contribution in [0.5, 0.6) is 0 Å². The summed E-state index contributed by atoms with van der Waals surface area (Å²) in [5, 5.41) is 6.14. The lowest BCUT2D eigenvalue weighted by Gasteiger charge is -2.29. The van der Waals surface area contributed by atoms with Crippen LogP contribution in [0.25, 0.3) is 5.65 Å². The molecule has 1 aliphatic rings. The molecule has 0 atom stereocenters. The largest absolute Gasteiger partial charge is 0.355 e. The number of carbonyl (C=O) groups excluding carboxylic acids is 1. The number of hydrogen-bond donors (Lipinski definition) is 2. The van der Waals surface area contributed by atoms with Crippen LogP contribution in [0.4, 0.5) is 5.82 Å². The number of fused-ring (bicyclic) bond motifs is 1. The number of pyridine rings is 1. The summed E-state index contributed by atoms with van der Waals surface area (Å²) in [6.45, 7) is 5.99. The first kappa shape index (κ1) is 12.9. The van der Waals surface area contributed by atoms with Gasteiger partial charge in [-0.1, -0.05) is 6.07 Å². The molecule has 2 N–H and O–H groups in total. The van der Waals surface area contributed by atoms with Crippen LogP contribution in [0.1, 0.15) is 12.6 Å². The highest BCUT2D eigenvalue weighted by atomic mass is 16.1. The molecule has 0 saturated carbocycles. The molecule has 1 fully saturated rings. The zero-order chi connectivity index (χ0) is 13.9. The van der Waals surface area contributed by atoms with Crippen molar-refractivity contribution in [2.24, 2.45) is 0 Å². The molecule has 0 radical (unpaired) electrons. The second-order valence-electron chi connectivity index (χ2n) is 4.99. The van der Waals surface area contributed by atoms with Crippen LogP contribution in [-0.2, 0) is 11.3 Å². The van der Waals surface area contributed by atoms with E-state index < -0.39 is 0 Å². The number of imidazole rings is 1. The summed E-state index contributed by atoms with van der Waals surface area (Å²) in [6.07, 6.45) is 2.00. The summed E-state index contributed by atoms with van der Waals surface area (Å²) in [5.41, 5.74) is 1.80. The Labute approximate surface area is 117 Å². The molecule has 6 heteroatoms. The van der Waals surface area contributed by atoms with E-state index in [1.807, 2.05) is 18.3 Å². The van der Waals surface area contributed by atoms with E-state index in [0.29, 0.717) is 6.54 Å². The third-order valence-corrected chi connectivity index (χ3v) is 3.48. The summed E-state index contributed by atoms with van der Waals surface area (Å²) < 4.78 is 2.10. The number of piperazine rings is 1. The van der Waals surface area contributed by atoms with Crippen molar-refractivity contribution in [3.63, 3.8) is 0 Å². The van der Waals surface area contributed by atoms with Gasteiger partial charge in [-0.15, -0.1) is 0 Å². The first-order chi connectivity index (χ1) is 9.74. The van der Waals surface area contributed by atoms with Crippen LogP contribution in [0.3, 0.4) is 0 Å². The Hall–Kier alpha value is -2.08. The predicted molar refractivity (Wildman–Crippen MR) is 77.8 cm³/mol. The Morgan fingerprint density at radius 3 is 2.95 bits per heavy atom. The van der Waals surface area contributed by atoms with Crippen LogP contribution in [0.2, 0.25) is 0 Å². The van der Waals surface area contributed by atoms with E-state index in [4.69, 9.17) is 0 Å². The van der Waals surface area contributed by atoms with Gasteiger partial charge in [0.1, 0.15) is 11.5 Å². The van der Waals surface area contributed by atoms with Gasteiger partial charge < -0.3 is 15.5 Å². The zero-order valence-corrected chi connectivity index (χ0v) is 11.6. The van der Waals surface area contributed by atoms with E-state index in [-0.39, 0.29) is 5.91 Å². The Balaban J connectivity index is 1.90. The number of nitrogens with one attached hydrogen (secondary N) is 2. The summed E-state index contributed by atoms with van der Waals surface area (Å²) in [5.74, 6) is 1.12. The Bertz CT molecular complexity index is 615. The minimum atomic E-state index is -0.0376. The van der Waals surface area contributed by atoms with E-state index in [1.54, 1.807) is 0 Å². The molecule has 0 aliphatic carbocycles. The molecule has 0 spiro atoms. The van der Waals surface area contributed by atoms with Gasteiger partial charge in [-0.2, -0.15) is 0 Å². The van der Waals surface area contributed by atoms with Gasteiger partial charge in [-0.25, -0.2) is 4.98 Å². The van der Waals surface area contributed by atoms with Gasteiger partial charge >= 0.3 is 0 Å². The number of carbonyl (C=O) groups is 1. The minimum absolute atomic E-state index is 0.0376. The van der Waals surface area contributed by atoms with Crippen molar-refractivity contribution in [3.05, 3.63) is 30.1 Å². The Morgan fingerprint density at radius 2 is 2.20 bits per heavy atom. The lowest BCUT2D eigenvalue weighted by molar-refractivity contribution is -0.119. The van der Waals surface area contributed by atoms with Gasteiger partial charge in [-0.3, -0.25) is 9.20 Å². The fourth-order valence-electron chi connectivity index (χ4n) is 2.50. The summed E-state index contributed by atoms with van der Waals surface area (Å²) in [6, 6.07) is 6.13. The summed E-state index contributed by atoms with van der Waals surface area (Å²) >= 11 is 0. The molecule has 3 rings (SSSR count).